The molecule has 0 aliphatic rings. The first-order chi connectivity index (χ1) is 16.3. The summed E-state index contributed by atoms with van der Waals surface area (Å²) >= 11 is 0. The lowest BCUT2D eigenvalue weighted by atomic mass is 9.85. The first kappa shape index (κ1) is 19.6. The Bertz CT molecular complexity index is 1580. The van der Waals surface area contributed by atoms with Gasteiger partial charge >= 0.3 is 7.69 Å². The normalized spacial score (nSPS) is 11.2. The van der Waals surface area contributed by atoms with Gasteiger partial charge in [0.1, 0.15) is 5.75 Å². The largest absolute Gasteiger partial charge is 0.539 e. The van der Waals surface area contributed by atoms with E-state index in [9.17, 15) is 5.02 Å². The quantitative estimate of drug-likeness (QED) is 0.241. The van der Waals surface area contributed by atoms with Crippen LogP contribution in [-0.2, 0) is 0 Å². The summed E-state index contributed by atoms with van der Waals surface area (Å²) in [6, 6.07) is 40.3. The van der Waals surface area contributed by atoms with Crippen molar-refractivity contribution in [1.82, 2.24) is 0 Å². The molecule has 3 heteroatoms. The van der Waals surface area contributed by atoms with Gasteiger partial charge in [0, 0.05) is 0 Å². The van der Waals surface area contributed by atoms with E-state index in [4.69, 9.17) is 4.65 Å². The highest BCUT2D eigenvalue weighted by atomic mass is 16.5. The van der Waals surface area contributed by atoms with Gasteiger partial charge in [0.05, 0.1) is 0 Å². The van der Waals surface area contributed by atoms with Crippen molar-refractivity contribution in [3.63, 3.8) is 0 Å². The van der Waals surface area contributed by atoms with Crippen molar-refractivity contribution in [2.75, 3.05) is 0 Å². The number of hydrogen-bond acceptors (Lipinski definition) is 2. The zero-order valence-corrected chi connectivity index (χ0v) is 18.0. The molecule has 0 aromatic heterocycles. The molecule has 156 valence electrons. The smallest absolute Gasteiger partial charge is 0.504 e. The molecular weight excluding hydrogens is 403 g/mol. The summed E-state index contributed by atoms with van der Waals surface area (Å²) in [6.45, 7) is 0. The number of benzene rings is 6. The van der Waals surface area contributed by atoms with Gasteiger partial charge in [0.25, 0.3) is 0 Å². The number of hydrogen-bond donors (Lipinski definition) is 1. The van der Waals surface area contributed by atoms with Crippen molar-refractivity contribution in [3.05, 3.63) is 115 Å². The Morgan fingerprint density at radius 2 is 1.06 bits per heavy atom. The molecule has 0 amide bonds. The van der Waals surface area contributed by atoms with Gasteiger partial charge in [-0.1, -0.05) is 103 Å². The van der Waals surface area contributed by atoms with Crippen LogP contribution in [0.5, 0.6) is 5.75 Å². The molecule has 0 atom stereocenters. The molecule has 0 spiro atoms. The summed E-state index contributed by atoms with van der Waals surface area (Å²) in [7, 11) is -0.342. The van der Waals surface area contributed by atoms with Gasteiger partial charge < -0.3 is 9.68 Å². The first-order valence-corrected chi connectivity index (χ1v) is 11.1. The van der Waals surface area contributed by atoms with E-state index in [0.717, 1.165) is 5.56 Å². The average Bonchev–Trinajstić information content (AvgIpc) is 2.87. The van der Waals surface area contributed by atoms with Gasteiger partial charge in [0.2, 0.25) is 0 Å². The summed E-state index contributed by atoms with van der Waals surface area (Å²) < 4.78 is 5.39. The minimum atomic E-state index is -0.342. The predicted molar refractivity (Wildman–Crippen MR) is 140 cm³/mol. The maximum Gasteiger partial charge on any atom is 0.504 e. The van der Waals surface area contributed by atoms with E-state index in [2.05, 4.69) is 97.1 Å². The van der Waals surface area contributed by atoms with Crippen molar-refractivity contribution in [1.29, 1.82) is 0 Å². The molecule has 1 N–H and O–H groups in total. The predicted octanol–water partition coefficient (Wildman–Crippen LogP) is 7.12. The van der Waals surface area contributed by atoms with Crippen LogP contribution in [0.1, 0.15) is 0 Å². The van der Waals surface area contributed by atoms with E-state index in [1.54, 1.807) is 0 Å². The van der Waals surface area contributed by atoms with Crippen LogP contribution >= 0.6 is 0 Å². The van der Waals surface area contributed by atoms with Gasteiger partial charge in [-0.3, -0.25) is 0 Å². The summed E-state index contributed by atoms with van der Waals surface area (Å²) in [5.41, 5.74) is 4.74. The van der Waals surface area contributed by atoms with Crippen LogP contribution in [0.4, 0.5) is 0 Å². The second-order valence-electron chi connectivity index (χ2n) is 8.17. The molecule has 0 heterocycles. The Morgan fingerprint density at radius 1 is 0.515 bits per heavy atom. The first-order valence-electron chi connectivity index (χ1n) is 11.1. The van der Waals surface area contributed by atoms with Crippen LogP contribution in [0.2, 0.25) is 0 Å². The summed E-state index contributed by atoms with van der Waals surface area (Å²) in [5.74, 6) is 0.654. The molecule has 0 unspecified atom stereocenters. The lowest BCUT2D eigenvalue weighted by Gasteiger charge is -2.19. The van der Waals surface area contributed by atoms with Crippen molar-refractivity contribution in [2.24, 2.45) is 0 Å². The number of rotatable bonds is 4. The molecule has 6 rings (SSSR count). The highest BCUT2D eigenvalue weighted by Crippen LogP contribution is 2.45. The molecule has 0 radical (unpaired) electrons. The number of fused-ring (bicyclic) bond motifs is 3. The minimum absolute atomic E-state index is 0.342. The van der Waals surface area contributed by atoms with E-state index in [1.807, 2.05) is 18.2 Å². The van der Waals surface area contributed by atoms with Crippen molar-refractivity contribution < 1.29 is 9.68 Å². The minimum Gasteiger partial charge on any atom is -0.539 e. The SMILES string of the molecule is OBOc1cccc(-c2c3ccccc3c(-c3cccc4ccccc34)c3ccccc23)c1. The van der Waals surface area contributed by atoms with E-state index in [1.165, 1.54) is 49.0 Å². The molecule has 0 aliphatic carbocycles. The Labute approximate surface area is 193 Å². The molecule has 2 nitrogen and oxygen atoms in total. The van der Waals surface area contributed by atoms with Gasteiger partial charge in [0.15, 0.2) is 0 Å². The fraction of sp³-hybridized carbons (Fsp3) is 0. The van der Waals surface area contributed by atoms with E-state index in [0.29, 0.717) is 5.75 Å². The molecule has 33 heavy (non-hydrogen) atoms. The average molecular weight is 424 g/mol. The molecule has 0 bridgehead atoms. The Morgan fingerprint density at radius 3 is 1.73 bits per heavy atom. The van der Waals surface area contributed by atoms with Crippen molar-refractivity contribution in [3.8, 4) is 28.0 Å². The highest BCUT2D eigenvalue weighted by Gasteiger charge is 2.17. The fourth-order valence-electron chi connectivity index (χ4n) is 4.99. The lowest BCUT2D eigenvalue weighted by Crippen LogP contribution is -1.99. The standard InChI is InChI=1S/C30H21BO2/c32-31-33-22-12-7-11-21(19-22)29-25-14-3-5-16-27(25)30(28-17-6-4-15-26(28)29)24-18-8-10-20-9-1-2-13-23(20)24/h1-19,31-32H. The third-order valence-electron chi connectivity index (χ3n) is 6.34. The van der Waals surface area contributed by atoms with Gasteiger partial charge in [-0.05, 0) is 66.7 Å². The van der Waals surface area contributed by atoms with Crippen LogP contribution in [0.3, 0.4) is 0 Å². The second-order valence-corrected chi connectivity index (χ2v) is 8.17. The highest BCUT2D eigenvalue weighted by molar-refractivity contribution is 6.23. The summed E-state index contributed by atoms with van der Waals surface area (Å²) in [6.07, 6.45) is 0. The maximum absolute atomic E-state index is 9.25. The van der Waals surface area contributed by atoms with Crippen LogP contribution in [-0.4, -0.2) is 12.7 Å². The second kappa shape index (κ2) is 8.12. The van der Waals surface area contributed by atoms with Crippen LogP contribution < -0.4 is 4.65 Å². The summed E-state index contributed by atoms with van der Waals surface area (Å²) in [5, 5.41) is 16.6. The van der Waals surface area contributed by atoms with Crippen molar-refractivity contribution >= 4 is 40.0 Å². The maximum atomic E-state index is 9.25. The third-order valence-corrected chi connectivity index (χ3v) is 6.34. The van der Waals surface area contributed by atoms with E-state index in [-0.39, 0.29) is 7.69 Å². The topological polar surface area (TPSA) is 29.5 Å². The monoisotopic (exact) mass is 424 g/mol. The molecule has 0 saturated heterocycles. The van der Waals surface area contributed by atoms with Crippen molar-refractivity contribution in [2.45, 2.75) is 0 Å². The van der Waals surface area contributed by atoms with E-state index < -0.39 is 0 Å². The zero-order chi connectivity index (χ0) is 22.2. The Kier molecular flexibility index (Phi) is 4.82. The van der Waals surface area contributed by atoms with Crippen LogP contribution in [0.15, 0.2) is 115 Å². The molecule has 0 saturated carbocycles. The lowest BCUT2D eigenvalue weighted by molar-refractivity contribution is 0.454. The third kappa shape index (κ3) is 3.26. The van der Waals surface area contributed by atoms with Crippen LogP contribution in [0, 0.1) is 0 Å². The Hall–Kier alpha value is -4.08. The van der Waals surface area contributed by atoms with Gasteiger partial charge in [-0.15, -0.1) is 0 Å². The zero-order valence-electron chi connectivity index (χ0n) is 18.0. The fourth-order valence-corrected chi connectivity index (χ4v) is 4.99. The van der Waals surface area contributed by atoms with E-state index >= 15 is 0 Å². The molecule has 0 aliphatic heterocycles. The van der Waals surface area contributed by atoms with Crippen LogP contribution in [0.25, 0.3) is 54.6 Å². The molecular formula is C30H21BO2. The van der Waals surface area contributed by atoms with Gasteiger partial charge in [-0.2, -0.15) is 0 Å². The molecule has 6 aromatic rings. The Balaban J connectivity index is 1.77. The summed E-state index contributed by atoms with van der Waals surface area (Å²) in [4.78, 5) is 0. The molecule has 6 aromatic carbocycles. The van der Waals surface area contributed by atoms with Gasteiger partial charge in [-0.25, -0.2) is 0 Å². The molecule has 0 fully saturated rings.